The molecule has 3 rings (SSSR count). The molecule has 35 heavy (non-hydrogen) atoms. The molecule has 2 amide bonds. The highest BCUT2D eigenvalue weighted by Crippen LogP contribution is 2.32. The summed E-state index contributed by atoms with van der Waals surface area (Å²) in [6.07, 6.45) is -3.58. The van der Waals surface area contributed by atoms with Crippen molar-refractivity contribution in [2.75, 3.05) is 25.1 Å². The number of alkyl halides is 3. The van der Waals surface area contributed by atoms with Crippen LogP contribution < -0.4 is 11.1 Å². The first-order chi connectivity index (χ1) is 16.4. The first-order valence-electron chi connectivity index (χ1n) is 10.5. The number of aromatic nitrogens is 2. The zero-order valence-electron chi connectivity index (χ0n) is 18.6. The Morgan fingerprint density at radius 2 is 1.86 bits per heavy atom. The number of hydrogen-bond donors (Lipinski definition) is 2. The quantitative estimate of drug-likeness (QED) is 0.315. The zero-order chi connectivity index (χ0) is 25.9. The average Bonchev–Trinajstić information content (AvgIpc) is 3.17. The van der Waals surface area contributed by atoms with Gasteiger partial charge in [-0.1, -0.05) is 0 Å². The summed E-state index contributed by atoms with van der Waals surface area (Å²) in [5, 5.41) is 2.51. The standard InChI is InChI=1S/C21H23F6N5O2S/c1-35-5-2-29-19(34)18-16-10-31(3-4-32(16)20(30-18)21(25,26)27)17(33)8-12(28)6-11-7-14(23)15(24)9-13(11)22/h7,9,12H,2-6,8,10,28H2,1H3,(H,29,34). The maximum Gasteiger partial charge on any atom is 0.449 e. The van der Waals surface area contributed by atoms with Crippen LogP contribution >= 0.6 is 11.8 Å². The topological polar surface area (TPSA) is 93.2 Å². The number of rotatable bonds is 8. The van der Waals surface area contributed by atoms with Gasteiger partial charge in [-0.3, -0.25) is 9.59 Å². The molecule has 2 heterocycles. The third kappa shape index (κ3) is 6.28. The van der Waals surface area contributed by atoms with E-state index in [4.69, 9.17) is 5.73 Å². The van der Waals surface area contributed by atoms with E-state index in [1.165, 1.54) is 16.7 Å². The van der Waals surface area contributed by atoms with Crippen LogP contribution in [0.4, 0.5) is 26.3 Å². The van der Waals surface area contributed by atoms with E-state index in [1.807, 2.05) is 6.26 Å². The number of nitrogens with one attached hydrogen (secondary N) is 1. The van der Waals surface area contributed by atoms with Gasteiger partial charge in [0.2, 0.25) is 11.7 Å². The van der Waals surface area contributed by atoms with Crippen molar-refractivity contribution >= 4 is 23.6 Å². The number of halogens is 6. The second kappa shape index (κ2) is 10.9. The van der Waals surface area contributed by atoms with Crippen molar-refractivity contribution in [1.29, 1.82) is 0 Å². The minimum atomic E-state index is -4.80. The van der Waals surface area contributed by atoms with E-state index in [-0.39, 0.29) is 50.3 Å². The number of nitrogens with zero attached hydrogens (tertiary/aromatic N) is 3. The van der Waals surface area contributed by atoms with Crippen molar-refractivity contribution in [2.24, 2.45) is 5.73 Å². The van der Waals surface area contributed by atoms with Gasteiger partial charge in [0.1, 0.15) is 5.82 Å². The number of fused-ring (bicyclic) bond motifs is 1. The van der Waals surface area contributed by atoms with E-state index in [2.05, 4.69) is 10.3 Å². The Morgan fingerprint density at radius 3 is 2.51 bits per heavy atom. The molecule has 1 aromatic carbocycles. The van der Waals surface area contributed by atoms with Gasteiger partial charge in [0.05, 0.1) is 12.2 Å². The van der Waals surface area contributed by atoms with Crippen molar-refractivity contribution in [3.8, 4) is 0 Å². The highest BCUT2D eigenvalue weighted by atomic mass is 32.2. The van der Waals surface area contributed by atoms with Crippen molar-refractivity contribution in [1.82, 2.24) is 19.8 Å². The van der Waals surface area contributed by atoms with Gasteiger partial charge in [0.15, 0.2) is 17.3 Å². The van der Waals surface area contributed by atoms with Crippen LogP contribution in [0.3, 0.4) is 0 Å². The lowest BCUT2D eigenvalue weighted by atomic mass is 10.0. The van der Waals surface area contributed by atoms with Gasteiger partial charge in [-0.15, -0.1) is 0 Å². The second-order valence-electron chi connectivity index (χ2n) is 7.97. The molecule has 1 aliphatic heterocycles. The molecule has 192 valence electrons. The Kier molecular flexibility index (Phi) is 8.36. The Morgan fingerprint density at radius 1 is 1.17 bits per heavy atom. The molecule has 1 aromatic heterocycles. The molecule has 0 aliphatic carbocycles. The number of nitrogens with two attached hydrogens (primary N) is 1. The van der Waals surface area contributed by atoms with Crippen LogP contribution in [0.1, 0.15) is 34.0 Å². The van der Waals surface area contributed by atoms with E-state index in [1.54, 1.807) is 0 Å². The maximum absolute atomic E-state index is 13.9. The van der Waals surface area contributed by atoms with E-state index in [9.17, 15) is 35.9 Å². The fourth-order valence-electron chi connectivity index (χ4n) is 3.76. The molecule has 1 atom stereocenters. The third-order valence-corrected chi connectivity index (χ3v) is 6.04. The van der Waals surface area contributed by atoms with Crippen LogP contribution in [0, 0.1) is 17.5 Å². The lowest BCUT2D eigenvalue weighted by Crippen LogP contribution is -2.42. The largest absolute Gasteiger partial charge is 0.449 e. The maximum atomic E-state index is 13.9. The summed E-state index contributed by atoms with van der Waals surface area (Å²) in [6.45, 7) is -0.412. The Hall–Kier alpha value is -2.74. The number of imidazole rings is 1. The predicted molar refractivity (Wildman–Crippen MR) is 116 cm³/mol. The van der Waals surface area contributed by atoms with Gasteiger partial charge in [0, 0.05) is 43.9 Å². The third-order valence-electron chi connectivity index (χ3n) is 5.43. The van der Waals surface area contributed by atoms with Gasteiger partial charge < -0.3 is 20.5 Å². The minimum Gasteiger partial charge on any atom is -0.350 e. The van der Waals surface area contributed by atoms with Crippen molar-refractivity contribution in [3.05, 3.63) is 52.4 Å². The fourth-order valence-corrected chi connectivity index (χ4v) is 4.06. The molecule has 0 radical (unpaired) electrons. The normalized spacial score (nSPS) is 14.6. The molecule has 3 N–H and O–H groups in total. The molecular weight excluding hydrogens is 500 g/mol. The summed E-state index contributed by atoms with van der Waals surface area (Å²) in [4.78, 5) is 30.0. The van der Waals surface area contributed by atoms with E-state index >= 15 is 0 Å². The Labute approximate surface area is 201 Å². The highest BCUT2D eigenvalue weighted by Gasteiger charge is 2.41. The Balaban J connectivity index is 1.74. The first-order valence-corrected chi connectivity index (χ1v) is 11.9. The van der Waals surface area contributed by atoms with Crippen molar-refractivity contribution < 1.29 is 35.9 Å². The van der Waals surface area contributed by atoms with Gasteiger partial charge in [0.25, 0.3) is 5.91 Å². The number of benzene rings is 1. The fraction of sp³-hybridized carbons (Fsp3) is 0.476. The van der Waals surface area contributed by atoms with Crippen LogP contribution in [-0.2, 0) is 30.5 Å². The van der Waals surface area contributed by atoms with Crippen molar-refractivity contribution in [2.45, 2.75) is 38.1 Å². The molecule has 1 unspecified atom stereocenters. The molecule has 1 aliphatic rings. The molecule has 0 saturated heterocycles. The molecular formula is C21H23F6N5O2S. The lowest BCUT2D eigenvalue weighted by Gasteiger charge is -2.30. The average molecular weight is 524 g/mol. The number of thioether (sulfide) groups is 1. The van der Waals surface area contributed by atoms with Crippen LogP contribution in [0.5, 0.6) is 0 Å². The van der Waals surface area contributed by atoms with Crippen molar-refractivity contribution in [3.63, 3.8) is 0 Å². The number of carbonyl (C=O) groups is 2. The SMILES string of the molecule is CSCCNC(=O)c1nc(C(F)(F)F)n2c1CN(C(=O)CC(N)Cc1cc(F)c(F)cc1F)CC2. The summed E-state index contributed by atoms with van der Waals surface area (Å²) in [6, 6.07) is 0.0816. The van der Waals surface area contributed by atoms with E-state index in [0.717, 1.165) is 4.57 Å². The van der Waals surface area contributed by atoms with E-state index < -0.39 is 53.0 Å². The second-order valence-corrected chi connectivity index (χ2v) is 8.96. The van der Waals surface area contributed by atoms with E-state index in [0.29, 0.717) is 17.9 Å². The molecule has 7 nitrogen and oxygen atoms in total. The number of amides is 2. The summed E-state index contributed by atoms with van der Waals surface area (Å²) < 4.78 is 81.7. The molecule has 2 aromatic rings. The number of carbonyl (C=O) groups excluding carboxylic acids is 2. The molecule has 14 heteroatoms. The Bertz CT molecular complexity index is 1110. The van der Waals surface area contributed by atoms with Crippen LogP contribution in [0.25, 0.3) is 0 Å². The van der Waals surface area contributed by atoms with Gasteiger partial charge in [-0.05, 0) is 24.3 Å². The smallest absolute Gasteiger partial charge is 0.350 e. The minimum absolute atomic E-state index is 0.0567. The highest BCUT2D eigenvalue weighted by molar-refractivity contribution is 7.98. The molecule has 0 bridgehead atoms. The van der Waals surface area contributed by atoms with Gasteiger partial charge >= 0.3 is 6.18 Å². The summed E-state index contributed by atoms with van der Waals surface area (Å²) in [5.74, 6) is -5.62. The molecule has 0 spiro atoms. The monoisotopic (exact) mass is 523 g/mol. The predicted octanol–water partition coefficient (Wildman–Crippen LogP) is 2.71. The molecule has 0 saturated carbocycles. The number of hydrogen-bond acceptors (Lipinski definition) is 5. The van der Waals surface area contributed by atoms with Crippen LogP contribution in [0.15, 0.2) is 12.1 Å². The van der Waals surface area contributed by atoms with Crippen LogP contribution in [0.2, 0.25) is 0 Å². The summed E-state index contributed by atoms with van der Waals surface area (Å²) in [7, 11) is 0. The van der Waals surface area contributed by atoms with Crippen LogP contribution in [-0.4, -0.2) is 57.4 Å². The van der Waals surface area contributed by atoms with Gasteiger partial charge in [-0.2, -0.15) is 24.9 Å². The zero-order valence-corrected chi connectivity index (χ0v) is 19.4. The summed E-state index contributed by atoms with van der Waals surface area (Å²) in [5.41, 5.74) is 5.23. The first kappa shape index (κ1) is 26.9. The summed E-state index contributed by atoms with van der Waals surface area (Å²) >= 11 is 1.44. The lowest BCUT2D eigenvalue weighted by molar-refractivity contribution is -0.148. The van der Waals surface area contributed by atoms with Gasteiger partial charge in [-0.25, -0.2) is 18.2 Å². The molecule has 0 fully saturated rings.